The molecule has 1 aromatic carbocycles. The number of rotatable bonds is 2. The lowest BCUT2D eigenvalue weighted by atomic mass is 10.0. The lowest BCUT2D eigenvalue weighted by Crippen LogP contribution is -1.86. The van der Waals surface area contributed by atoms with Crippen molar-refractivity contribution in [2.75, 3.05) is 0 Å². The zero-order valence-electron chi connectivity index (χ0n) is 8.86. The van der Waals surface area contributed by atoms with Gasteiger partial charge < -0.3 is 0 Å². The molecular formula is C13H12N2. The summed E-state index contributed by atoms with van der Waals surface area (Å²) in [6.07, 6.45) is 1.92. The van der Waals surface area contributed by atoms with Gasteiger partial charge in [-0.15, -0.1) is 0 Å². The van der Waals surface area contributed by atoms with Crippen LogP contribution in [-0.2, 0) is 0 Å². The van der Waals surface area contributed by atoms with E-state index in [1.54, 1.807) is 24.3 Å². The highest BCUT2D eigenvalue weighted by molar-refractivity contribution is 5.76. The standard InChI is InChI=1S/C13H12N2/c1-10(2)7-13(9-15)12-5-3-11(8-14)4-6-12/h3-7,10H,1-2H3/b13-7+. The quantitative estimate of drug-likeness (QED) is 0.682. The molecule has 0 spiro atoms. The molecule has 0 bridgehead atoms. The third-order valence-electron chi connectivity index (χ3n) is 1.95. The second-order valence-corrected chi connectivity index (χ2v) is 3.63. The van der Waals surface area contributed by atoms with Crippen molar-refractivity contribution in [1.29, 1.82) is 10.5 Å². The van der Waals surface area contributed by atoms with Gasteiger partial charge in [-0.1, -0.05) is 32.1 Å². The molecule has 0 N–H and O–H groups in total. The molecule has 0 saturated carbocycles. The maximum Gasteiger partial charge on any atom is 0.0994 e. The minimum Gasteiger partial charge on any atom is -0.192 e. The molecule has 0 saturated heterocycles. The SMILES string of the molecule is CC(C)/C=C(\C#N)c1ccc(C#N)cc1. The van der Waals surface area contributed by atoms with Gasteiger partial charge in [-0.3, -0.25) is 0 Å². The molecule has 0 aliphatic carbocycles. The number of nitriles is 2. The maximum atomic E-state index is 8.97. The van der Waals surface area contributed by atoms with Crippen LogP contribution in [0.4, 0.5) is 0 Å². The van der Waals surface area contributed by atoms with Crippen molar-refractivity contribution in [1.82, 2.24) is 0 Å². The molecule has 0 fully saturated rings. The minimum absolute atomic E-state index is 0.343. The van der Waals surface area contributed by atoms with E-state index in [-0.39, 0.29) is 0 Å². The van der Waals surface area contributed by atoms with Crippen LogP contribution in [0.3, 0.4) is 0 Å². The summed E-state index contributed by atoms with van der Waals surface area (Å²) in [6, 6.07) is 11.3. The van der Waals surface area contributed by atoms with E-state index in [4.69, 9.17) is 10.5 Å². The van der Waals surface area contributed by atoms with Gasteiger partial charge in [-0.25, -0.2) is 0 Å². The number of hydrogen-bond acceptors (Lipinski definition) is 2. The van der Waals surface area contributed by atoms with Crippen LogP contribution in [0.25, 0.3) is 5.57 Å². The van der Waals surface area contributed by atoms with Crippen molar-refractivity contribution in [2.45, 2.75) is 13.8 Å². The molecule has 1 aromatic rings. The normalized spacial score (nSPS) is 10.9. The first-order valence-corrected chi connectivity index (χ1v) is 4.80. The zero-order valence-corrected chi connectivity index (χ0v) is 8.86. The van der Waals surface area contributed by atoms with Crippen molar-refractivity contribution in [3.63, 3.8) is 0 Å². The van der Waals surface area contributed by atoms with E-state index < -0.39 is 0 Å². The Bertz CT molecular complexity index is 439. The minimum atomic E-state index is 0.343. The highest BCUT2D eigenvalue weighted by atomic mass is 14.3. The number of hydrogen-bond donors (Lipinski definition) is 0. The van der Waals surface area contributed by atoms with E-state index in [1.807, 2.05) is 26.0 Å². The Morgan fingerprint density at radius 1 is 1.20 bits per heavy atom. The summed E-state index contributed by atoms with van der Waals surface area (Å²) in [7, 11) is 0. The Balaban J connectivity index is 3.06. The predicted molar refractivity (Wildman–Crippen MR) is 59.6 cm³/mol. The van der Waals surface area contributed by atoms with Crippen molar-refractivity contribution in [3.05, 3.63) is 41.5 Å². The van der Waals surface area contributed by atoms with Crippen molar-refractivity contribution >= 4 is 5.57 Å². The largest absolute Gasteiger partial charge is 0.192 e. The van der Waals surface area contributed by atoms with Gasteiger partial charge in [0.25, 0.3) is 0 Å². The molecule has 0 aromatic heterocycles. The van der Waals surface area contributed by atoms with E-state index in [2.05, 4.69) is 6.07 Å². The average Bonchev–Trinajstić information content (AvgIpc) is 2.26. The van der Waals surface area contributed by atoms with Crippen LogP contribution in [0.15, 0.2) is 30.3 Å². The molecular weight excluding hydrogens is 184 g/mol. The average molecular weight is 196 g/mol. The number of benzene rings is 1. The van der Waals surface area contributed by atoms with Gasteiger partial charge in [0.1, 0.15) is 0 Å². The van der Waals surface area contributed by atoms with Gasteiger partial charge in [0, 0.05) is 0 Å². The molecule has 0 radical (unpaired) electrons. The second kappa shape index (κ2) is 4.98. The Labute approximate surface area is 90.1 Å². The Kier molecular flexibility index (Phi) is 3.66. The number of allylic oxidation sites excluding steroid dienone is 2. The topological polar surface area (TPSA) is 47.6 Å². The Morgan fingerprint density at radius 3 is 2.20 bits per heavy atom. The van der Waals surface area contributed by atoms with Gasteiger partial charge >= 0.3 is 0 Å². The third-order valence-corrected chi connectivity index (χ3v) is 1.95. The zero-order chi connectivity index (χ0) is 11.3. The predicted octanol–water partition coefficient (Wildman–Crippen LogP) is 3.12. The van der Waals surface area contributed by atoms with Gasteiger partial charge in [0.05, 0.1) is 23.3 Å². The van der Waals surface area contributed by atoms with Crippen LogP contribution in [0.1, 0.15) is 25.0 Å². The van der Waals surface area contributed by atoms with Crippen molar-refractivity contribution in [2.24, 2.45) is 5.92 Å². The van der Waals surface area contributed by atoms with Crippen LogP contribution in [0.5, 0.6) is 0 Å². The van der Waals surface area contributed by atoms with Crippen LogP contribution in [0.2, 0.25) is 0 Å². The molecule has 0 heterocycles. The van der Waals surface area contributed by atoms with Crippen LogP contribution >= 0.6 is 0 Å². The fourth-order valence-corrected chi connectivity index (χ4v) is 1.26. The van der Waals surface area contributed by atoms with Crippen molar-refractivity contribution < 1.29 is 0 Å². The van der Waals surface area contributed by atoms with E-state index in [9.17, 15) is 0 Å². The summed E-state index contributed by atoms with van der Waals surface area (Å²) < 4.78 is 0. The second-order valence-electron chi connectivity index (χ2n) is 3.63. The van der Waals surface area contributed by atoms with Gasteiger partial charge in [-0.2, -0.15) is 10.5 Å². The molecule has 0 amide bonds. The summed E-state index contributed by atoms with van der Waals surface area (Å²) in [5, 5.41) is 17.6. The van der Waals surface area contributed by atoms with E-state index >= 15 is 0 Å². The molecule has 74 valence electrons. The maximum absolute atomic E-state index is 8.97. The summed E-state index contributed by atoms with van der Waals surface area (Å²) in [6.45, 7) is 4.06. The van der Waals surface area contributed by atoms with E-state index in [1.165, 1.54) is 0 Å². The molecule has 0 aliphatic rings. The summed E-state index contributed by atoms with van der Waals surface area (Å²) in [5.41, 5.74) is 2.14. The Hall–Kier alpha value is -2.06. The van der Waals surface area contributed by atoms with E-state index in [0.717, 1.165) is 5.56 Å². The molecule has 2 heteroatoms. The fraction of sp³-hybridized carbons (Fsp3) is 0.231. The molecule has 0 atom stereocenters. The number of nitrogens with zero attached hydrogens (tertiary/aromatic N) is 2. The first-order chi connectivity index (χ1) is 7.17. The Morgan fingerprint density at radius 2 is 1.80 bits per heavy atom. The molecule has 1 rings (SSSR count). The van der Waals surface area contributed by atoms with Gasteiger partial charge in [0.2, 0.25) is 0 Å². The molecule has 15 heavy (non-hydrogen) atoms. The first kappa shape index (κ1) is 11.0. The lowest BCUT2D eigenvalue weighted by Gasteiger charge is -2.01. The smallest absolute Gasteiger partial charge is 0.0994 e. The van der Waals surface area contributed by atoms with Gasteiger partial charge in [0.15, 0.2) is 0 Å². The molecule has 0 unspecified atom stereocenters. The molecule has 0 aliphatic heterocycles. The van der Waals surface area contributed by atoms with Crippen LogP contribution in [-0.4, -0.2) is 0 Å². The molecule has 2 nitrogen and oxygen atoms in total. The van der Waals surface area contributed by atoms with Gasteiger partial charge in [-0.05, 0) is 23.6 Å². The summed E-state index contributed by atoms with van der Waals surface area (Å²) >= 11 is 0. The highest BCUT2D eigenvalue weighted by Crippen LogP contribution is 2.16. The summed E-state index contributed by atoms with van der Waals surface area (Å²) in [5.74, 6) is 0.343. The van der Waals surface area contributed by atoms with E-state index in [0.29, 0.717) is 17.1 Å². The van der Waals surface area contributed by atoms with Crippen LogP contribution in [0, 0.1) is 28.6 Å². The summed E-state index contributed by atoms with van der Waals surface area (Å²) in [4.78, 5) is 0. The monoisotopic (exact) mass is 196 g/mol. The fourth-order valence-electron chi connectivity index (χ4n) is 1.26. The lowest BCUT2D eigenvalue weighted by molar-refractivity contribution is 0.834. The highest BCUT2D eigenvalue weighted by Gasteiger charge is 2.01. The first-order valence-electron chi connectivity index (χ1n) is 4.80. The van der Waals surface area contributed by atoms with Crippen molar-refractivity contribution in [3.8, 4) is 12.1 Å². The van der Waals surface area contributed by atoms with Crippen LogP contribution < -0.4 is 0 Å². The third kappa shape index (κ3) is 2.97.